The van der Waals surface area contributed by atoms with Crippen LogP contribution >= 0.6 is 31.9 Å². The second-order valence-corrected chi connectivity index (χ2v) is 4.02. The van der Waals surface area contributed by atoms with Gasteiger partial charge in [-0.15, -0.1) is 0 Å². The van der Waals surface area contributed by atoms with Gasteiger partial charge in [0.1, 0.15) is 6.17 Å². The number of carbonyl (C=O) groups excluding carboxylic acids is 1. The van der Waals surface area contributed by atoms with Gasteiger partial charge in [0.2, 0.25) is 0 Å². The van der Waals surface area contributed by atoms with Gasteiger partial charge in [0, 0.05) is 5.33 Å². The Balaban J connectivity index is 3.67. The van der Waals surface area contributed by atoms with E-state index in [0.717, 1.165) is 0 Å². The standard InChI is InChI=1S/C7H11Br2FO2/c1-2-12-7(11)3-5(9)6(10)4-8/h5-6H,2-4H2,1H3. The smallest absolute Gasteiger partial charge is 0.307 e. The molecule has 2 atom stereocenters. The summed E-state index contributed by atoms with van der Waals surface area (Å²) in [4.78, 5) is 10.4. The topological polar surface area (TPSA) is 26.3 Å². The number of alkyl halides is 3. The van der Waals surface area contributed by atoms with E-state index in [4.69, 9.17) is 0 Å². The molecule has 0 fully saturated rings. The van der Waals surface area contributed by atoms with Gasteiger partial charge in [-0.1, -0.05) is 31.9 Å². The molecule has 0 rings (SSSR count). The second kappa shape index (κ2) is 6.83. The Bertz CT molecular complexity index is 143. The summed E-state index contributed by atoms with van der Waals surface area (Å²) in [6.07, 6.45) is -0.991. The highest BCUT2D eigenvalue weighted by molar-refractivity contribution is 9.10. The van der Waals surface area contributed by atoms with Gasteiger partial charge in [-0.25, -0.2) is 4.39 Å². The van der Waals surface area contributed by atoms with E-state index < -0.39 is 11.0 Å². The lowest BCUT2D eigenvalue weighted by molar-refractivity contribution is -0.143. The zero-order valence-electron chi connectivity index (χ0n) is 6.73. The van der Waals surface area contributed by atoms with Crippen LogP contribution in [0.25, 0.3) is 0 Å². The zero-order chi connectivity index (χ0) is 9.56. The second-order valence-electron chi connectivity index (χ2n) is 2.20. The number of carbonyl (C=O) groups is 1. The lowest BCUT2D eigenvalue weighted by Crippen LogP contribution is -2.21. The van der Waals surface area contributed by atoms with E-state index >= 15 is 0 Å². The summed E-state index contributed by atoms with van der Waals surface area (Å²) in [5, 5.41) is 0.225. The fraction of sp³-hybridized carbons (Fsp3) is 0.857. The fourth-order valence-corrected chi connectivity index (χ4v) is 2.01. The summed E-state index contributed by atoms with van der Waals surface area (Å²) in [7, 11) is 0. The molecule has 0 radical (unpaired) electrons. The van der Waals surface area contributed by atoms with Crippen LogP contribution in [0.4, 0.5) is 4.39 Å². The molecule has 0 spiro atoms. The molecule has 72 valence electrons. The van der Waals surface area contributed by atoms with Crippen molar-refractivity contribution in [2.75, 3.05) is 11.9 Å². The molecule has 0 aromatic heterocycles. The number of rotatable bonds is 5. The maximum absolute atomic E-state index is 12.8. The largest absolute Gasteiger partial charge is 0.466 e. The van der Waals surface area contributed by atoms with Crippen LogP contribution in [0.3, 0.4) is 0 Å². The Morgan fingerprint density at radius 3 is 2.67 bits per heavy atom. The summed E-state index contributed by atoms with van der Waals surface area (Å²) in [5.41, 5.74) is 0. The predicted molar refractivity (Wildman–Crippen MR) is 52.7 cm³/mol. The van der Waals surface area contributed by atoms with Crippen molar-refractivity contribution in [3.8, 4) is 0 Å². The van der Waals surface area contributed by atoms with Gasteiger partial charge in [-0.05, 0) is 6.92 Å². The Morgan fingerprint density at radius 1 is 1.67 bits per heavy atom. The molecule has 0 bridgehead atoms. The van der Waals surface area contributed by atoms with Crippen molar-refractivity contribution in [3.63, 3.8) is 0 Å². The van der Waals surface area contributed by atoms with Gasteiger partial charge in [0.05, 0.1) is 17.9 Å². The van der Waals surface area contributed by atoms with Crippen LogP contribution in [-0.4, -0.2) is 28.9 Å². The Hall–Kier alpha value is 0.360. The lowest BCUT2D eigenvalue weighted by Gasteiger charge is -2.11. The van der Waals surface area contributed by atoms with Crippen molar-refractivity contribution in [1.29, 1.82) is 0 Å². The average Bonchev–Trinajstić information content (AvgIpc) is 2.03. The van der Waals surface area contributed by atoms with Gasteiger partial charge in [-0.2, -0.15) is 0 Å². The maximum Gasteiger partial charge on any atom is 0.307 e. The highest BCUT2D eigenvalue weighted by Gasteiger charge is 2.20. The third-order valence-corrected chi connectivity index (χ3v) is 2.72. The highest BCUT2D eigenvalue weighted by atomic mass is 79.9. The quantitative estimate of drug-likeness (QED) is 0.576. The molecule has 0 aliphatic rings. The first-order valence-corrected chi connectivity index (χ1v) is 5.65. The van der Waals surface area contributed by atoms with Crippen LogP contribution in [-0.2, 0) is 9.53 Å². The molecule has 5 heteroatoms. The van der Waals surface area contributed by atoms with Crippen LogP contribution in [0.1, 0.15) is 13.3 Å². The Morgan fingerprint density at radius 2 is 2.25 bits per heavy atom. The molecule has 0 saturated carbocycles. The first-order chi connectivity index (χ1) is 5.61. The molecule has 0 aliphatic heterocycles. The van der Waals surface area contributed by atoms with Crippen molar-refractivity contribution >= 4 is 37.8 Å². The number of hydrogen-bond acceptors (Lipinski definition) is 2. The predicted octanol–water partition coefficient (Wildman–Crippen LogP) is 2.44. The van der Waals surface area contributed by atoms with Crippen LogP contribution < -0.4 is 0 Å². The summed E-state index contributed by atoms with van der Waals surface area (Å²) >= 11 is 6.06. The van der Waals surface area contributed by atoms with Gasteiger partial charge >= 0.3 is 5.97 Å². The third-order valence-electron chi connectivity index (χ3n) is 1.21. The first kappa shape index (κ1) is 12.4. The van der Waals surface area contributed by atoms with Crippen molar-refractivity contribution in [1.82, 2.24) is 0 Å². The van der Waals surface area contributed by atoms with Crippen LogP contribution in [0.5, 0.6) is 0 Å². The summed E-state index contributed by atoms with van der Waals surface area (Å²) in [6, 6.07) is 0. The van der Waals surface area contributed by atoms with Crippen molar-refractivity contribution in [2.24, 2.45) is 0 Å². The van der Waals surface area contributed by atoms with Crippen LogP contribution in [0.2, 0.25) is 0 Å². The number of halogens is 3. The fourth-order valence-electron chi connectivity index (χ4n) is 0.604. The van der Waals surface area contributed by atoms with Gasteiger partial charge < -0.3 is 4.74 Å². The third kappa shape index (κ3) is 5.09. The number of ether oxygens (including phenoxy) is 1. The molecule has 2 unspecified atom stereocenters. The van der Waals surface area contributed by atoms with Gasteiger partial charge in [0.15, 0.2) is 0 Å². The van der Waals surface area contributed by atoms with Crippen LogP contribution in [0, 0.1) is 0 Å². The molecule has 0 heterocycles. The Labute approximate surface area is 88.1 Å². The molecule has 0 aliphatic carbocycles. The van der Waals surface area contributed by atoms with Gasteiger partial charge in [-0.3, -0.25) is 4.79 Å². The number of esters is 1. The minimum Gasteiger partial charge on any atom is -0.466 e. The number of hydrogen-bond donors (Lipinski definition) is 0. The minimum absolute atomic E-state index is 0.0700. The maximum atomic E-state index is 12.8. The van der Waals surface area contributed by atoms with Crippen LogP contribution in [0.15, 0.2) is 0 Å². The normalized spacial score (nSPS) is 15.3. The zero-order valence-corrected chi connectivity index (χ0v) is 9.90. The minimum atomic E-state index is -1.06. The summed E-state index contributed by atoms with van der Waals surface area (Å²) in [5.74, 6) is -0.372. The van der Waals surface area contributed by atoms with E-state index in [1.54, 1.807) is 6.92 Å². The molecule has 2 nitrogen and oxygen atoms in total. The summed E-state index contributed by atoms with van der Waals surface area (Å²) in [6.45, 7) is 2.06. The first-order valence-electron chi connectivity index (χ1n) is 3.61. The van der Waals surface area contributed by atoms with E-state index in [2.05, 4.69) is 36.6 Å². The monoisotopic (exact) mass is 304 g/mol. The lowest BCUT2D eigenvalue weighted by atomic mass is 10.2. The van der Waals surface area contributed by atoms with Crippen molar-refractivity contribution < 1.29 is 13.9 Å². The molecule has 0 aromatic rings. The molecule has 0 aromatic carbocycles. The van der Waals surface area contributed by atoms with E-state index in [1.807, 2.05) is 0 Å². The highest BCUT2D eigenvalue weighted by Crippen LogP contribution is 2.16. The van der Waals surface area contributed by atoms with Crippen molar-refractivity contribution in [2.45, 2.75) is 24.3 Å². The molecular weight excluding hydrogens is 295 g/mol. The average molecular weight is 306 g/mol. The van der Waals surface area contributed by atoms with Crippen molar-refractivity contribution in [3.05, 3.63) is 0 Å². The van der Waals surface area contributed by atoms with E-state index in [9.17, 15) is 9.18 Å². The Kier molecular flexibility index (Phi) is 7.04. The molecule has 12 heavy (non-hydrogen) atoms. The van der Waals surface area contributed by atoms with E-state index in [-0.39, 0.29) is 17.7 Å². The summed E-state index contributed by atoms with van der Waals surface area (Å²) < 4.78 is 17.5. The molecule has 0 N–H and O–H groups in total. The van der Waals surface area contributed by atoms with Gasteiger partial charge in [0.25, 0.3) is 0 Å². The SMILES string of the molecule is CCOC(=O)CC(Br)C(F)CBr. The molecular formula is C7H11Br2FO2. The molecule has 0 saturated heterocycles. The molecule has 0 amide bonds. The van der Waals surface area contributed by atoms with E-state index in [1.165, 1.54) is 0 Å². The van der Waals surface area contributed by atoms with E-state index in [0.29, 0.717) is 6.61 Å².